The van der Waals surface area contributed by atoms with Crippen molar-refractivity contribution < 1.29 is 14.3 Å². The van der Waals surface area contributed by atoms with E-state index in [-0.39, 0.29) is 15.8 Å². The van der Waals surface area contributed by atoms with Crippen molar-refractivity contribution in [3.63, 3.8) is 0 Å². The van der Waals surface area contributed by atoms with Crippen LogP contribution in [0.3, 0.4) is 0 Å². The quantitative estimate of drug-likeness (QED) is 0.561. The molecule has 0 N–H and O–H groups in total. The molecule has 0 radical (unpaired) electrons. The molecule has 0 saturated carbocycles. The van der Waals surface area contributed by atoms with E-state index in [0.717, 1.165) is 0 Å². The molecule has 0 amide bonds. The Morgan fingerprint density at radius 1 is 1.60 bits per heavy atom. The summed E-state index contributed by atoms with van der Waals surface area (Å²) in [6, 6.07) is 1.48. The second kappa shape index (κ2) is 2.47. The summed E-state index contributed by atoms with van der Waals surface area (Å²) < 4.78 is 9.66. The van der Waals surface area contributed by atoms with Gasteiger partial charge >= 0.3 is 0 Å². The number of benzene rings is 1. The van der Waals surface area contributed by atoms with Crippen LogP contribution in [0, 0.1) is 5.21 Å². The largest absolute Gasteiger partial charge is 0.493 e. The first-order valence-electron chi connectivity index (χ1n) is 4.48. The molecule has 15 heavy (non-hydrogen) atoms. The molecule has 0 unspecified atom stereocenters. The molecule has 0 aliphatic carbocycles. The Balaban J connectivity index is 2.41. The number of aromatic nitrogens is 2. The van der Waals surface area contributed by atoms with E-state index in [2.05, 4.69) is 9.79 Å². The predicted molar refractivity (Wildman–Crippen MR) is 50.3 cm³/mol. The zero-order valence-electron chi connectivity index (χ0n) is 7.81. The lowest BCUT2D eigenvalue weighted by atomic mass is 10.3. The van der Waals surface area contributed by atoms with Crippen LogP contribution >= 0.6 is 0 Å². The van der Waals surface area contributed by atoms with E-state index in [9.17, 15) is 10.0 Å². The monoisotopic (exact) mass is 206 g/mol. The number of nitrogens with zero attached hydrogens (tertiary/aromatic N) is 2. The minimum Gasteiger partial charge on any atom is -0.493 e. The third kappa shape index (κ3) is 0.903. The van der Waals surface area contributed by atoms with Gasteiger partial charge in [-0.3, -0.25) is 9.42 Å². The number of hydrogen-bond acceptors (Lipinski definition) is 5. The summed E-state index contributed by atoms with van der Waals surface area (Å²) in [7, 11) is 0. The smallest absolute Gasteiger partial charge is 0.260 e. The second-order valence-corrected chi connectivity index (χ2v) is 3.18. The van der Waals surface area contributed by atoms with Gasteiger partial charge in [-0.2, -0.15) is 0 Å². The molecule has 3 rings (SSSR count). The molecule has 0 spiro atoms. The maximum atomic E-state index is 11.4. The fraction of sp³-hybridized carbons (Fsp3) is 0.222. The van der Waals surface area contributed by atoms with Crippen molar-refractivity contribution in [1.82, 2.24) is 5.16 Å². The van der Waals surface area contributed by atoms with Crippen LogP contribution < -0.4 is 15.1 Å². The zero-order valence-corrected chi connectivity index (χ0v) is 7.81. The molecule has 0 bridgehead atoms. The summed E-state index contributed by atoms with van der Waals surface area (Å²) in [5, 5.41) is 15.6. The van der Waals surface area contributed by atoms with Crippen molar-refractivity contribution in [3.05, 3.63) is 21.5 Å². The van der Waals surface area contributed by atoms with Crippen molar-refractivity contribution in [2.24, 2.45) is 0 Å². The number of rotatable bonds is 2. The van der Waals surface area contributed by atoms with Crippen molar-refractivity contribution >= 4 is 21.8 Å². The minimum absolute atomic E-state index is 0.123. The van der Waals surface area contributed by atoms with Gasteiger partial charge in [0.15, 0.2) is 0 Å². The molecule has 6 nitrogen and oxygen atoms in total. The van der Waals surface area contributed by atoms with Crippen molar-refractivity contribution in [2.75, 3.05) is 6.61 Å². The van der Waals surface area contributed by atoms with E-state index in [1.165, 1.54) is 6.07 Å². The zero-order chi connectivity index (χ0) is 10.6. The summed E-state index contributed by atoms with van der Waals surface area (Å²) in [5.74, 6) is 0.429. The van der Waals surface area contributed by atoms with Gasteiger partial charge in [0, 0.05) is 11.2 Å². The maximum absolute atomic E-state index is 11.4. The van der Waals surface area contributed by atoms with Crippen molar-refractivity contribution in [2.45, 2.75) is 6.92 Å². The number of fused-ring (bicyclic) bond motifs is 3. The third-order valence-corrected chi connectivity index (χ3v) is 2.34. The maximum Gasteiger partial charge on any atom is 0.260 e. The second-order valence-electron chi connectivity index (χ2n) is 3.18. The van der Waals surface area contributed by atoms with Crippen LogP contribution in [0.1, 0.15) is 6.92 Å². The summed E-state index contributed by atoms with van der Waals surface area (Å²) in [5.41, 5.74) is 0.416. The first-order valence-corrected chi connectivity index (χ1v) is 4.48. The molecule has 0 saturated heterocycles. The molecular formula is C9H6N2O4. The van der Waals surface area contributed by atoms with Gasteiger partial charge in [0.05, 0.1) is 17.4 Å². The Morgan fingerprint density at radius 3 is 3.13 bits per heavy atom. The van der Waals surface area contributed by atoms with E-state index in [1.54, 1.807) is 0 Å². The highest BCUT2D eigenvalue weighted by Gasteiger charge is 2.28. The normalized spacial score (nSPS) is 11.8. The SMILES string of the molecule is CCOc1cc2c(no[n+]2[O-])c2c(=O)c12. The predicted octanol–water partition coefficient (Wildman–Crippen LogP) is 0.249. The Bertz CT molecular complexity index is 675. The first-order chi connectivity index (χ1) is 7.24. The molecule has 3 aromatic rings. The summed E-state index contributed by atoms with van der Waals surface area (Å²) >= 11 is 0. The Labute approximate surface area is 82.9 Å². The highest BCUT2D eigenvalue weighted by molar-refractivity contribution is 6.16. The van der Waals surface area contributed by atoms with Crippen LogP contribution in [0.15, 0.2) is 15.5 Å². The number of hydrogen-bond donors (Lipinski definition) is 0. The van der Waals surface area contributed by atoms with Crippen molar-refractivity contribution in [3.8, 4) is 5.75 Å². The lowest BCUT2D eigenvalue weighted by molar-refractivity contribution is -0.782. The standard InChI is InChI=1S/C9H6N2O4/c1-2-14-5-3-4-8(10-15-11(4)13)7-6(5)9(7)12/h3H,2H2,1H3. The first kappa shape index (κ1) is 8.22. The van der Waals surface area contributed by atoms with Gasteiger partial charge in [0.1, 0.15) is 5.75 Å². The Morgan fingerprint density at radius 2 is 2.40 bits per heavy atom. The molecule has 1 heterocycles. The molecule has 0 fully saturated rings. The van der Waals surface area contributed by atoms with Crippen LogP contribution in [0.5, 0.6) is 5.75 Å². The van der Waals surface area contributed by atoms with E-state index < -0.39 is 0 Å². The minimum atomic E-state index is -0.123. The molecule has 2 aromatic carbocycles. The Kier molecular flexibility index (Phi) is 1.35. The number of ether oxygens (including phenoxy) is 1. The van der Waals surface area contributed by atoms with Gasteiger partial charge in [-0.1, -0.05) is 0 Å². The van der Waals surface area contributed by atoms with Gasteiger partial charge in [-0.05, 0) is 11.8 Å². The van der Waals surface area contributed by atoms with Crippen molar-refractivity contribution in [1.29, 1.82) is 0 Å². The lowest BCUT2D eigenvalue weighted by Gasteiger charge is -1.98. The fourth-order valence-electron chi connectivity index (χ4n) is 1.65. The molecule has 0 atom stereocenters. The average Bonchev–Trinajstić information content (AvgIpc) is 2.75. The molecule has 0 aliphatic rings. The highest BCUT2D eigenvalue weighted by Crippen LogP contribution is 2.32. The molecule has 1 aromatic heterocycles. The van der Waals surface area contributed by atoms with Gasteiger partial charge in [-0.15, -0.1) is 0 Å². The Hall–Kier alpha value is -2.11. The molecule has 0 aliphatic heterocycles. The van der Waals surface area contributed by atoms with E-state index in [0.29, 0.717) is 28.6 Å². The molecular weight excluding hydrogens is 200 g/mol. The van der Waals surface area contributed by atoms with Crippen LogP contribution in [0.25, 0.3) is 21.8 Å². The van der Waals surface area contributed by atoms with Crippen LogP contribution in [-0.4, -0.2) is 11.8 Å². The topological polar surface area (TPSA) is 79.3 Å². The molecule has 76 valence electrons. The van der Waals surface area contributed by atoms with E-state index in [1.807, 2.05) is 6.92 Å². The summed E-state index contributed by atoms with van der Waals surface area (Å²) in [4.78, 5) is 11.7. The van der Waals surface area contributed by atoms with Gasteiger partial charge < -0.3 is 9.94 Å². The summed E-state index contributed by atoms with van der Waals surface area (Å²) in [6.45, 7) is 2.25. The third-order valence-electron chi connectivity index (χ3n) is 2.34. The average molecular weight is 206 g/mol. The van der Waals surface area contributed by atoms with E-state index in [4.69, 9.17) is 4.74 Å². The van der Waals surface area contributed by atoms with Gasteiger partial charge in [0.25, 0.3) is 5.52 Å². The highest BCUT2D eigenvalue weighted by atomic mass is 16.8. The summed E-state index contributed by atoms with van der Waals surface area (Å²) in [6.07, 6.45) is 0. The van der Waals surface area contributed by atoms with E-state index >= 15 is 0 Å². The van der Waals surface area contributed by atoms with Gasteiger partial charge in [-0.25, -0.2) is 0 Å². The van der Waals surface area contributed by atoms with Crippen LogP contribution in [-0.2, 0) is 0 Å². The van der Waals surface area contributed by atoms with Crippen LogP contribution in [0.2, 0.25) is 0 Å². The van der Waals surface area contributed by atoms with Crippen LogP contribution in [0.4, 0.5) is 0 Å². The lowest BCUT2D eigenvalue weighted by Crippen LogP contribution is -2.22. The fourth-order valence-corrected chi connectivity index (χ4v) is 1.65. The van der Waals surface area contributed by atoms with Gasteiger partial charge in [0.2, 0.25) is 10.9 Å². The molecule has 6 heteroatoms.